The van der Waals surface area contributed by atoms with E-state index in [4.69, 9.17) is 16.7 Å². The molecule has 0 saturated heterocycles. The Morgan fingerprint density at radius 1 is 1.36 bits per heavy atom. The van der Waals surface area contributed by atoms with Gasteiger partial charge in [-0.2, -0.15) is 5.26 Å². The number of aromatic nitrogens is 2. The molecule has 2 aromatic heterocycles. The van der Waals surface area contributed by atoms with Crippen LogP contribution >= 0.6 is 11.6 Å². The highest BCUT2D eigenvalue weighted by Gasteiger charge is 2.12. The van der Waals surface area contributed by atoms with Crippen molar-refractivity contribution in [3.8, 4) is 6.07 Å². The molecule has 1 aromatic carbocycles. The predicted molar refractivity (Wildman–Crippen MR) is 111 cm³/mol. The van der Waals surface area contributed by atoms with Gasteiger partial charge in [0, 0.05) is 43.0 Å². The number of hydrogen-bond acceptors (Lipinski definition) is 5. The number of aryl methyl sites for hydroxylation is 1. The van der Waals surface area contributed by atoms with Gasteiger partial charge < -0.3 is 15.0 Å². The van der Waals surface area contributed by atoms with Gasteiger partial charge in [0.1, 0.15) is 11.2 Å². The van der Waals surface area contributed by atoms with E-state index in [0.29, 0.717) is 18.4 Å². The first-order valence-corrected chi connectivity index (χ1v) is 9.36. The van der Waals surface area contributed by atoms with Crippen molar-refractivity contribution in [1.29, 1.82) is 5.26 Å². The molecular weight excluding hydrogens is 376 g/mol. The van der Waals surface area contributed by atoms with Crippen molar-refractivity contribution < 1.29 is 5.11 Å². The molecule has 0 fully saturated rings. The Labute approximate surface area is 168 Å². The molecule has 0 aliphatic rings. The third-order valence-corrected chi connectivity index (χ3v) is 5.06. The highest BCUT2D eigenvalue weighted by molar-refractivity contribution is 6.30. The summed E-state index contributed by atoms with van der Waals surface area (Å²) in [6, 6.07) is 11.4. The highest BCUT2D eigenvalue weighted by Crippen LogP contribution is 2.26. The number of aliphatic hydroxyl groups is 1. The van der Waals surface area contributed by atoms with Crippen molar-refractivity contribution >= 4 is 28.2 Å². The van der Waals surface area contributed by atoms with Crippen LogP contribution in [0.4, 0.5) is 5.69 Å². The second-order valence-electron chi connectivity index (χ2n) is 6.79. The number of halogens is 1. The van der Waals surface area contributed by atoms with Crippen molar-refractivity contribution in [2.45, 2.75) is 25.8 Å². The number of nitriles is 1. The maximum atomic E-state index is 12.3. The monoisotopic (exact) mass is 396 g/mol. The zero-order valence-corrected chi connectivity index (χ0v) is 16.5. The van der Waals surface area contributed by atoms with Crippen LogP contribution in [0.3, 0.4) is 0 Å². The zero-order valence-electron chi connectivity index (χ0n) is 15.7. The van der Waals surface area contributed by atoms with Gasteiger partial charge in [0.25, 0.3) is 5.56 Å². The molecule has 2 N–H and O–H groups in total. The van der Waals surface area contributed by atoms with Crippen LogP contribution < -0.4 is 10.9 Å². The standard InChI is InChI=1S/C21H21ClN4O2/c1-13(6-8-27)25-18-11-20(28)26(2)19-4-3-14(10-16(18)19)9-15-5-7-24-21(22)17(15)12-23/h3-5,7,10-11,13,25,27H,6,8-9H2,1-2H3/t13-/m0/s1. The maximum Gasteiger partial charge on any atom is 0.252 e. The number of aliphatic hydroxyl groups excluding tert-OH is 1. The van der Waals surface area contributed by atoms with Gasteiger partial charge in [0.2, 0.25) is 0 Å². The van der Waals surface area contributed by atoms with Crippen molar-refractivity contribution in [2.24, 2.45) is 7.05 Å². The van der Waals surface area contributed by atoms with Crippen LogP contribution in [0.5, 0.6) is 0 Å². The van der Waals surface area contributed by atoms with E-state index in [-0.39, 0.29) is 23.4 Å². The smallest absolute Gasteiger partial charge is 0.252 e. The molecule has 2 heterocycles. The molecule has 144 valence electrons. The van der Waals surface area contributed by atoms with Gasteiger partial charge in [-0.05, 0) is 49.1 Å². The molecule has 0 spiro atoms. The maximum absolute atomic E-state index is 12.3. The van der Waals surface area contributed by atoms with Crippen LogP contribution in [0.25, 0.3) is 10.9 Å². The van der Waals surface area contributed by atoms with E-state index >= 15 is 0 Å². The molecule has 0 unspecified atom stereocenters. The molecule has 0 radical (unpaired) electrons. The Bertz CT molecular complexity index is 1120. The van der Waals surface area contributed by atoms with E-state index in [9.17, 15) is 10.1 Å². The Kier molecular flexibility index (Phi) is 5.98. The number of benzene rings is 1. The van der Waals surface area contributed by atoms with Gasteiger partial charge in [-0.3, -0.25) is 4.79 Å². The molecule has 0 saturated carbocycles. The van der Waals surface area contributed by atoms with Gasteiger partial charge in [-0.25, -0.2) is 4.98 Å². The molecule has 28 heavy (non-hydrogen) atoms. The lowest BCUT2D eigenvalue weighted by Crippen LogP contribution is -2.21. The topological polar surface area (TPSA) is 90.9 Å². The molecular formula is C21H21ClN4O2. The van der Waals surface area contributed by atoms with Crippen LogP contribution in [0, 0.1) is 11.3 Å². The second kappa shape index (κ2) is 8.42. The Balaban J connectivity index is 2.07. The van der Waals surface area contributed by atoms with E-state index in [1.807, 2.05) is 25.1 Å². The molecule has 0 bridgehead atoms. The largest absolute Gasteiger partial charge is 0.396 e. The Morgan fingerprint density at radius 3 is 2.86 bits per heavy atom. The Morgan fingerprint density at radius 2 is 2.14 bits per heavy atom. The molecule has 6 nitrogen and oxygen atoms in total. The number of rotatable bonds is 6. The number of fused-ring (bicyclic) bond motifs is 1. The minimum atomic E-state index is -0.105. The SMILES string of the molecule is C[C@@H](CCO)Nc1cc(=O)n(C)c2ccc(Cc3ccnc(Cl)c3C#N)cc12. The summed E-state index contributed by atoms with van der Waals surface area (Å²) in [4.78, 5) is 16.3. The number of nitrogens with one attached hydrogen (secondary N) is 1. The molecule has 0 amide bonds. The first kappa shape index (κ1) is 19.9. The average Bonchev–Trinajstić information content (AvgIpc) is 2.66. The first-order chi connectivity index (χ1) is 13.4. The summed E-state index contributed by atoms with van der Waals surface area (Å²) in [6.07, 6.45) is 2.69. The second-order valence-corrected chi connectivity index (χ2v) is 7.15. The van der Waals surface area contributed by atoms with E-state index in [2.05, 4.69) is 16.4 Å². The van der Waals surface area contributed by atoms with Crippen LogP contribution in [-0.2, 0) is 13.5 Å². The molecule has 1 atom stereocenters. The van der Waals surface area contributed by atoms with E-state index in [1.54, 1.807) is 29.9 Å². The van der Waals surface area contributed by atoms with Crippen molar-refractivity contribution in [1.82, 2.24) is 9.55 Å². The number of nitrogens with zero attached hydrogens (tertiary/aromatic N) is 3. The zero-order chi connectivity index (χ0) is 20.3. The summed E-state index contributed by atoms with van der Waals surface area (Å²) in [5.41, 5.74) is 3.60. The van der Waals surface area contributed by atoms with Gasteiger partial charge in [0.15, 0.2) is 0 Å². The fourth-order valence-electron chi connectivity index (χ4n) is 3.23. The van der Waals surface area contributed by atoms with Gasteiger partial charge in [0.05, 0.1) is 11.1 Å². The summed E-state index contributed by atoms with van der Waals surface area (Å²) >= 11 is 6.04. The highest BCUT2D eigenvalue weighted by atomic mass is 35.5. The molecule has 0 aliphatic carbocycles. The fraction of sp³-hybridized carbons (Fsp3) is 0.286. The van der Waals surface area contributed by atoms with Crippen LogP contribution in [0.2, 0.25) is 5.15 Å². The van der Waals surface area contributed by atoms with Gasteiger partial charge in [-0.1, -0.05) is 17.7 Å². The lowest BCUT2D eigenvalue weighted by atomic mass is 10.00. The van der Waals surface area contributed by atoms with Crippen molar-refractivity contribution in [3.05, 3.63) is 68.7 Å². The molecule has 0 aliphatic heterocycles. The quantitative estimate of drug-likeness (QED) is 0.624. The lowest BCUT2D eigenvalue weighted by Gasteiger charge is -2.18. The summed E-state index contributed by atoms with van der Waals surface area (Å²) in [6.45, 7) is 2.03. The summed E-state index contributed by atoms with van der Waals surface area (Å²) < 4.78 is 1.60. The number of anilines is 1. The number of pyridine rings is 2. The fourth-order valence-corrected chi connectivity index (χ4v) is 3.45. The third kappa shape index (κ3) is 4.01. The van der Waals surface area contributed by atoms with Crippen LogP contribution in [-0.4, -0.2) is 27.3 Å². The predicted octanol–water partition coefficient (Wildman–Crippen LogP) is 3.23. The van der Waals surface area contributed by atoms with Gasteiger partial charge >= 0.3 is 0 Å². The van der Waals surface area contributed by atoms with Crippen LogP contribution in [0.15, 0.2) is 41.3 Å². The minimum Gasteiger partial charge on any atom is -0.396 e. The first-order valence-electron chi connectivity index (χ1n) is 8.98. The molecule has 3 aromatic rings. The lowest BCUT2D eigenvalue weighted by molar-refractivity contribution is 0.282. The van der Waals surface area contributed by atoms with E-state index < -0.39 is 0 Å². The minimum absolute atomic E-state index is 0.0214. The third-order valence-electron chi connectivity index (χ3n) is 4.77. The van der Waals surface area contributed by atoms with Crippen molar-refractivity contribution in [2.75, 3.05) is 11.9 Å². The molecule has 7 heteroatoms. The van der Waals surface area contributed by atoms with Crippen LogP contribution in [0.1, 0.15) is 30.0 Å². The van der Waals surface area contributed by atoms with Crippen molar-refractivity contribution in [3.63, 3.8) is 0 Å². The van der Waals surface area contributed by atoms with Gasteiger partial charge in [-0.15, -0.1) is 0 Å². The van der Waals surface area contributed by atoms with E-state index in [1.165, 1.54) is 0 Å². The average molecular weight is 397 g/mol. The van der Waals surface area contributed by atoms with E-state index in [0.717, 1.165) is 27.7 Å². The molecule has 3 rings (SSSR count). The number of hydrogen-bond donors (Lipinski definition) is 2. The summed E-state index contributed by atoms with van der Waals surface area (Å²) in [5, 5.41) is 22.9. The Hall–Kier alpha value is -2.88. The summed E-state index contributed by atoms with van der Waals surface area (Å²) in [5.74, 6) is 0. The summed E-state index contributed by atoms with van der Waals surface area (Å²) in [7, 11) is 1.74. The normalized spacial score (nSPS) is 12.0.